The van der Waals surface area contributed by atoms with Crippen molar-refractivity contribution in [2.45, 2.75) is 25.0 Å². The largest absolute Gasteiger partial charge is 0.388 e. The zero-order chi connectivity index (χ0) is 13.3. The number of nitrogens with one attached hydrogen (secondary N) is 1. The van der Waals surface area contributed by atoms with Crippen molar-refractivity contribution in [2.24, 2.45) is 0 Å². The highest BCUT2D eigenvalue weighted by atomic mass is 16.3. The molecule has 6 heteroatoms. The molecular formula is C12H15N3O3. The van der Waals surface area contributed by atoms with E-state index < -0.39 is 11.7 Å². The predicted molar refractivity (Wildman–Crippen MR) is 62.7 cm³/mol. The van der Waals surface area contributed by atoms with Crippen molar-refractivity contribution in [3.63, 3.8) is 0 Å². The monoisotopic (exact) mass is 249 g/mol. The van der Waals surface area contributed by atoms with Gasteiger partial charge in [-0.3, -0.25) is 4.79 Å². The smallest absolute Gasteiger partial charge is 0.270 e. The molecule has 1 aromatic rings. The quantitative estimate of drug-likeness (QED) is 0.644. The van der Waals surface area contributed by atoms with E-state index >= 15 is 0 Å². The number of carbonyl (C=O) groups excluding carboxylic acids is 1. The van der Waals surface area contributed by atoms with Crippen molar-refractivity contribution in [2.75, 3.05) is 13.1 Å². The van der Waals surface area contributed by atoms with Gasteiger partial charge >= 0.3 is 0 Å². The molecule has 0 aromatic carbocycles. The fourth-order valence-corrected chi connectivity index (χ4v) is 1.96. The minimum absolute atomic E-state index is 0.0900. The van der Waals surface area contributed by atoms with Crippen LogP contribution in [0.5, 0.6) is 0 Å². The predicted octanol–water partition coefficient (Wildman–Crippen LogP) is -0.156. The lowest BCUT2D eigenvalue weighted by atomic mass is 9.90. The van der Waals surface area contributed by atoms with E-state index in [2.05, 4.69) is 4.98 Å². The first-order valence-electron chi connectivity index (χ1n) is 5.72. The van der Waals surface area contributed by atoms with E-state index in [-0.39, 0.29) is 12.5 Å². The minimum atomic E-state index is -1.15. The number of rotatable bonds is 1. The van der Waals surface area contributed by atoms with Crippen LogP contribution in [0.15, 0.2) is 12.3 Å². The first-order chi connectivity index (χ1) is 8.44. The van der Waals surface area contributed by atoms with Crippen molar-refractivity contribution in [3.05, 3.63) is 23.5 Å². The molecule has 2 heterocycles. The van der Waals surface area contributed by atoms with Gasteiger partial charge in [0, 0.05) is 19.3 Å². The van der Waals surface area contributed by atoms with Crippen molar-refractivity contribution in [3.8, 4) is 6.07 Å². The summed E-state index contributed by atoms with van der Waals surface area (Å²) in [5, 5.41) is 28.3. The number of carbonyl (C=O) groups is 1. The van der Waals surface area contributed by atoms with Crippen molar-refractivity contribution in [1.29, 1.82) is 5.26 Å². The standard InChI is InChI=1S/C12H15N3O3/c1-12(18)2-3-15(7-10(12)16)11(17)9-4-8(5-13)6-14-9/h4,6,10,14,16,18H,2-3,7H2,1H3/t10-,12+/m1/s1. The van der Waals surface area contributed by atoms with Crippen LogP contribution >= 0.6 is 0 Å². The summed E-state index contributed by atoms with van der Waals surface area (Å²) < 4.78 is 0. The van der Waals surface area contributed by atoms with E-state index in [0.29, 0.717) is 24.2 Å². The lowest BCUT2D eigenvalue weighted by molar-refractivity contribution is -0.0999. The van der Waals surface area contributed by atoms with Gasteiger partial charge in [-0.1, -0.05) is 0 Å². The maximum Gasteiger partial charge on any atom is 0.270 e. The summed E-state index contributed by atoms with van der Waals surface area (Å²) in [5.41, 5.74) is -0.437. The van der Waals surface area contributed by atoms with Gasteiger partial charge in [0.25, 0.3) is 5.91 Å². The molecule has 1 aliphatic heterocycles. The van der Waals surface area contributed by atoms with Gasteiger partial charge in [-0.15, -0.1) is 0 Å². The Hall–Kier alpha value is -1.84. The number of nitrogens with zero attached hydrogens (tertiary/aromatic N) is 2. The number of β-amino-alcohol motifs (C(OH)–C–C–N with tert-alkyl or cyclic N) is 1. The molecule has 1 aromatic heterocycles. The molecule has 0 saturated carbocycles. The lowest BCUT2D eigenvalue weighted by Gasteiger charge is -2.39. The highest BCUT2D eigenvalue weighted by Gasteiger charge is 2.38. The third-order valence-corrected chi connectivity index (χ3v) is 3.33. The Kier molecular flexibility index (Phi) is 3.11. The molecule has 0 spiro atoms. The molecule has 0 radical (unpaired) electrons. The number of nitriles is 1. The molecule has 0 aliphatic carbocycles. The highest BCUT2D eigenvalue weighted by Crippen LogP contribution is 2.23. The molecule has 18 heavy (non-hydrogen) atoms. The molecule has 1 fully saturated rings. The maximum absolute atomic E-state index is 12.1. The number of aliphatic hydroxyl groups is 2. The summed E-state index contributed by atoms with van der Waals surface area (Å²) in [5.74, 6) is -0.272. The molecule has 6 nitrogen and oxygen atoms in total. The fraction of sp³-hybridized carbons (Fsp3) is 0.500. The van der Waals surface area contributed by atoms with Crippen LogP contribution in [-0.4, -0.2) is 50.8 Å². The Balaban J connectivity index is 2.09. The van der Waals surface area contributed by atoms with Crippen molar-refractivity contribution >= 4 is 5.91 Å². The van der Waals surface area contributed by atoms with Crippen LogP contribution in [-0.2, 0) is 0 Å². The summed E-state index contributed by atoms with van der Waals surface area (Å²) in [6, 6.07) is 3.41. The molecule has 0 unspecified atom stereocenters. The summed E-state index contributed by atoms with van der Waals surface area (Å²) in [7, 11) is 0. The van der Waals surface area contributed by atoms with Gasteiger partial charge in [-0.25, -0.2) is 0 Å². The van der Waals surface area contributed by atoms with Crippen molar-refractivity contribution in [1.82, 2.24) is 9.88 Å². The van der Waals surface area contributed by atoms with Gasteiger partial charge in [-0.2, -0.15) is 5.26 Å². The van der Waals surface area contributed by atoms with E-state index in [0.717, 1.165) is 0 Å². The number of H-pyrrole nitrogens is 1. The first-order valence-corrected chi connectivity index (χ1v) is 5.72. The van der Waals surface area contributed by atoms with Gasteiger partial charge in [-0.05, 0) is 19.4 Å². The van der Waals surface area contributed by atoms with Crippen LogP contribution in [0, 0.1) is 11.3 Å². The Bertz CT molecular complexity index is 501. The molecule has 3 N–H and O–H groups in total. The van der Waals surface area contributed by atoms with E-state index in [1.807, 2.05) is 6.07 Å². The Labute approximate surface area is 104 Å². The zero-order valence-electron chi connectivity index (χ0n) is 10.1. The number of piperidine rings is 1. The summed E-state index contributed by atoms with van der Waals surface area (Å²) in [4.78, 5) is 16.3. The van der Waals surface area contributed by atoms with Gasteiger partial charge < -0.3 is 20.1 Å². The number of aromatic amines is 1. The van der Waals surface area contributed by atoms with E-state index in [1.54, 1.807) is 6.92 Å². The molecule has 1 aliphatic rings. The van der Waals surface area contributed by atoms with Crippen LogP contribution in [0.1, 0.15) is 29.4 Å². The summed E-state index contributed by atoms with van der Waals surface area (Å²) in [6.07, 6.45) is 0.829. The zero-order valence-corrected chi connectivity index (χ0v) is 10.1. The van der Waals surface area contributed by atoms with Gasteiger partial charge in [0.2, 0.25) is 0 Å². The first kappa shape index (κ1) is 12.6. The Morgan fingerprint density at radius 2 is 2.44 bits per heavy atom. The normalized spacial score (nSPS) is 27.9. The molecular weight excluding hydrogens is 234 g/mol. The van der Waals surface area contributed by atoms with Crippen LogP contribution in [0.25, 0.3) is 0 Å². The second-order valence-electron chi connectivity index (χ2n) is 4.79. The number of amides is 1. The number of aromatic nitrogens is 1. The van der Waals surface area contributed by atoms with Crippen LogP contribution < -0.4 is 0 Å². The van der Waals surface area contributed by atoms with E-state index in [9.17, 15) is 15.0 Å². The second kappa shape index (κ2) is 4.44. The van der Waals surface area contributed by atoms with Crippen molar-refractivity contribution < 1.29 is 15.0 Å². The molecule has 1 saturated heterocycles. The summed E-state index contributed by atoms with van der Waals surface area (Å²) in [6.45, 7) is 2.03. The fourth-order valence-electron chi connectivity index (χ4n) is 1.96. The Morgan fingerprint density at radius 3 is 3.00 bits per heavy atom. The molecule has 0 bridgehead atoms. The highest BCUT2D eigenvalue weighted by molar-refractivity contribution is 5.93. The lowest BCUT2D eigenvalue weighted by Crippen LogP contribution is -2.55. The van der Waals surface area contributed by atoms with Gasteiger partial charge in [0.15, 0.2) is 0 Å². The minimum Gasteiger partial charge on any atom is -0.388 e. The SMILES string of the molecule is C[C@]1(O)CCN(C(=O)c2cc(C#N)c[nH]2)C[C@H]1O. The Morgan fingerprint density at radius 1 is 1.72 bits per heavy atom. The van der Waals surface area contributed by atoms with Gasteiger partial charge in [0.1, 0.15) is 11.8 Å². The van der Waals surface area contributed by atoms with Crippen LogP contribution in [0.2, 0.25) is 0 Å². The number of hydrogen-bond donors (Lipinski definition) is 3. The summed E-state index contributed by atoms with van der Waals surface area (Å²) >= 11 is 0. The third kappa shape index (κ3) is 2.23. The van der Waals surface area contributed by atoms with Crippen LogP contribution in [0.4, 0.5) is 0 Å². The average molecular weight is 249 g/mol. The van der Waals surface area contributed by atoms with Gasteiger partial charge in [0.05, 0.1) is 17.3 Å². The van der Waals surface area contributed by atoms with E-state index in [4.69, 9.17) is 5.26 Å². The third-order valence-electron chi connectivity index (χ3n) is 3.33. The second-order valence-corrected chi connectivity index (χ2v) is 4.79. The van der Waals surface area contributed by atoms with Crippen LogP contribution in [0.3, 0.4) is 0 Å². The van der Waals surface area contributed by atoms with E-state index in [1.165, 1.54) is 17.2 Å². The number of aliphatic hydroxyl groups excluding tert-OH is 1. The molecule has 1 amide bonds. The number of likely N-dealkylation sites (tertiary alicyclic amines) is 1. The molecule has 96 valence electrons. The average Bonchev–Trinajstić information content (AvgIpc) is 2.80. The molecule has 2 atom stereocenters. The molecule has 2 rings (SSSR count). The topological polar surface area (TPSA) is 100 Å². The number of hydrogen-bond acceptors (Lipinski definition) is 4. The maximum atomic E-state index is 12.1.